The van der Waals surface area contributed by atoms with Crippen LogP contribution >= 0.6 is 0 Å². The summed E-state index contributed by atoms with van der Waals surface area (Å²) < 4.78 is 5.22. The minimum atomic E-state index is -0.903. The van der Waals surface area contributed by atoms with Crippen LogP contribution in [-0.2, 0) is 25.7 Å². The Hall–Kier alpha value is -2.37. The maximum absolute atomic E-state index is 12.9. The minimum absolute atomic E-state index is 0.00461. The van der Waals surface area contributed by atoms with E-state index in [9.17, 15) is 14.4 Å². The molecule has 0 aliphatic heterocycles. The van der Waals surface area contributed by atoms with Crippen molar-refractivity contribution in [2.45, 2.75) is 65.0 Å². The molecule has 162 valence electrons. The fraction of sp³-hybridized carbons (Fsp3) is 0.625. The Morgan fingerprint density at radius 2 is 1.57 bits per heavy atom. The normalized spacial score (nSPS) is 29.9. The number of nitrogens with one attached hydrogen (secondary N) is 2. The van der Waals surface area contributed by atoms with E-state index in [1.54, 1.807) is 6.92 Å². The number of rotatable bonds is 7. The van der Waals surface area contributed by atoms with Crippen molar-refractivity contribution < 1.29 is 19.1 Å². The third kappa shape index (κ3) is 4.52. The number of carbonyl (C=O) groups excluding carboxylic acids is 3. The fourth-order valence-corrected chi connectivity index (χ4v) is 6.06. The quantitative estimate of drug-likeness (QED) is 0.675. The molecule has 4 aliphatic rings. The van der Waals surface area contributed by atoms with Crippen LogP contribution in [0, 0.1) is 30.1 Å². The van der Waals surface area contributed by atoms with Crippen LogP contribution in [0.4, 0.5) is 0 Å². The molecule has 4 saturated carbocycles. The first-order valence-corrected chi connectivity index (χ1v) is 11.1. The Morgan fingerprint density at radius 3 is 2.13 bits per heavy atom. The molecular formula is C24H32N2O4. The van der Waals surface area contributed by atoms with Crippen molar-refractivity contribution in [3.8, 4) is 0 Å². The molecule has 2 amide bonds. The van der Waals surface area contributed by atoms with Gasteiger partial charge in [-0.3, -0.25) is 14.4 Å². The highest BCUT2D eigenvalue weighted by atomic mass is 16.5. The topological polar surface area (TPSA) is 84.5 Å². The number of benzene rings is 1. The van der Waals surface area contributed by atoms with E-state index in [0.717, 1.165) is 30.4 Å². The molecule has 4 aliphatic carbocycles. The van der Waals surface area contributed by atoms with Crippen LogP contribution in [0.2, 0.25) is 0 Å². The van der Waals surface area contributed by atoms with Crippen LogP contribution in [0.25, 0.3) is 0 Å². The van der Waals surface area contributed by atoms with E-state index in [-0.39, 0.29) is 23.8 Å². The van der Waals surface area contributed by atoms with Gasteiger partial charge in [0.15, 0.2) is 6.10 Å². The van der Waals surface area contributed by atoms with Crippen LogP contribution in [-0.4, -0.2) is 30.4 Å². The van der Waals surface area contributed by atoms with Crippen molar-refractivity contribution in [2.24, 2.45) is 23.2 Å². The zero-order chi connectivity index (χ0) is 21.3. The van der Waals surface area contributed by atoms with Gasteiger partial charge in [0.05, 0.1) is 0 Å². The SMILES string of the molecule is Cc1ccc(CNC(=O)C(C)OC(=O)CNC(=O)C23CC4CC(CC(C4)C2)C3)cc1. The van der Waals surface area contributed by atoms with Crippen molar-refractivity contribution in [3.63, 3.8) is 0 Å². The molecule has 4 bridgehead atoms. The number of amides is 2. The van der Waals surface area contributed by atoms with Crippen LogP contribution in [0.5, 0.6) is 0 Å². The molecule has 0 aromatic heterocycles. The van der Waals surface area contributed by atoms with E-state index < -0.39 is 12.1 Å². The van der Waals surface area contributed by atoms with Gasteiger partial charge in [-0.2, -0.15) is 0 Å². The van der Waals surface area contributed by atoms with E-state index in [0.29, 0.717) is 24.3 Å². The van der Waals surface area contributed by atoms with Crippen LogP contribution in [0.1, 0.15) is 56.6 Å². The highest BCUT2D eigenvalue weighted by Crippen LogP contribution is 2.60. The summed E-state index contributed by atoms with van der Waals surface area (Å²) in [5.74, 6) is 1.08. The Bertz CT molecular complexity index is 782. The standard InChI is InChI=1S/C24H32N2O4/c1-15-3-5-17(6-4-15)13-25-22(28)16(2)30-21(27)14-26-23(29)24-10-18-7-19(11-24)9-20(8-18)12-24/h3-6,16,18-20H,7-14H2,1-2H3,(H,25,28)(H,26,29). The van der Waals surface area contributed by atoms with Gasteiger partial charge in [0.25, 0.3) is 5.91 Å². The summed E-state index contributed by atoms with van der Waals surface area (Å²) in [5.41, 5.74) is 1.85. The van der Waals surface area contributed by atoms with Gasteiger partial charge in [-0.1, -0.05) is 29.8 Å². The number of aryl methyl sites for hydroxylation is 1. The molecule has 6 heteroatoms. The predicted octanol–water partition coefficient (Wildman–Crippen LogP) is 2.88. The fourth-order valence-electron chi connectivity index (χ4n) is 6.06. The summed E-state index contributed by atoms with van der Waals surface area (Å²) in [6.07, 6.45) is 5.77. The van der Waals surface area contributed by atoms with Crippen molar-refractivity contribution in [3.05, 3.63) is 35.4 Å². The Balaban J connectivity index is 1.21. The molecule has 1 aromatic rings. The minimum Gasteiger partial charge on any atom is -0.451 e. The van der Waals surface area contributed by atoms with Gasteiger partial charge in [0.1, 0.15) is 6.54 Å². The molecule has 1 aromatic carbocycles. The van der Waals surface area contributed by atoms with Gasteiger partial charge in [-0.05, 0) is 75.7 Å². The summed E-state index contributed by atoms with van der Waals surface area (Å²) in [6.45, 7) is 3.75. The molecule has 0 radical (unpaired) electrons. The third-order valence-corrected chi connectivity index (χ3v) is 7.18. The predicted molar refractivity (Wildman–Crippen MR) is 112 cm³/mol. The molecular weight excluding hydrogens is 380 g/mol. The lowest BCUT2D eigenvalue weighted by Crippen LogP contribution is -2.54. The smallest absolute Gasteiger partial charge is 0.326 e. The van der Waals surface area contributed by atoms with Crippen LogP contribution in [0.15, 0.2) is 24.3 Å². The average molecular weight is 413 g/mol. The maximum Gasteiger partial charge on any atom is 0.326 e. The van der Waals surface area contributed by atoms with Crippen molar-refractivity contribution in [1.29, 1.82) is 0 Å². The maximum atomic E-state index is 12.9. The molecule has 1 atom stereocenters. The molecule has 0 heterocycles. The van der Waals surface area contributed by atoms with Gasteiger partial charge in [-0.15, -0.1) is 0 Å². The first-order valence-electron chi connectivity index (χ1n) is 11.1. The lowest BCUT2D eigenvalue weighted by atomic mass is 9.49. The first-order chi connectivity index (χ1) is 14.3. The second-order valence-corrected chi connectivity index (χ2v) is 9.72. The Kier molecular flexibility index (Phi) is 5.85. The van der Waals surface area contributed by atoms with Gasteiger partial charge in [0.2, 0.25) is 5.91 Å². The third-order valence-electron chi connectivity index (χ3n) is 7.18. The first kappa shape index (κ1) is 20.9. The van der Waals surface area contributed by atoms with E-state index in [1.165, 1.54) is 19.3 Å². The summed E-state index contributed by atoms with van der Waals surface area (Å²) in [7, 11) is 0. The molecule has 1 unspecified atom stereocenters. The number of esters is 1. The van der Waals surface area contributed by atoms with Crippen LogP contribution in [0.3, 0.4) is 0 Å². The second kappa shape index (κ2) is 8.40. The van der Waals surface area contributed by atoms with Crippen molar-refractivity contribution in [2.75, 3.05) is 6.54 Å². The monoisotopic (exact) mass is 412 g/mol. The lowest BCUT2D eigenvalue weighted by Gasteiger charge is -2.55. The van der Waals surface area contributed by atoms with Gasteiger partial charge < -0.3 is 15.4 Å². The number of hydrogen-bond donors (Lipinski definition) is 2. The summed E-state index contributed by atoms with van der Waals surface area (Å²) in [6, 6.07) is 7.87. The second-order valence-electron chi connectivity index (χ2n) is 9.72. The summed E-state index contributed by atoms with van der Waals surface area (Å²) in [5, 5.41) is 5.58. The highest BCUT2D eigenvalue weighted by molar-refractivity contribution is 5.88. The number of carbonyl (C=O) groups is 3. The van der Waals surface area contributed by atoms with Crippen molar-refractivity contribution >= 4 is 17.8 Å². The zero-order valence-corrected chi connectivity index (χ0v) is 17.9. The molecule has 6 nitrogen and oxygen atoms in total. The van der Waals surface area contributed by atoms with Gasteiger partial charge in [0, 0.05) is 12.0 Å². The van der Waals surface area contributed by atoms with Crippen LogP contribution < -0.4 is 10.6 Å². The van der Waals surface area contributed by atoms with Gasteiger partial charge in [-0.25, -0.2) is 0 Å². The molecule has 2 N–H and O–H groups in total. The van der Waals surface area contributed by atoms with Gasteiger partial charge >= 0.3 is 5.97 Å². The number of hydrogen-bond acceptors (Lipinski definition) is 4. The molecule has 4 fully saturated rings. The summed E-state index contributed by atoms with van der Waals surface area (Å²) >= 11 is 0. The molecule has 0 saturated heterocycles. The van der Waals surface area contributed by atoms with E-state index in [4.69, 9.17) is 4.74 Å². The Morgan fingerprint density at radius 1 is 1.00 bits per heavy atom. The van der Waals surface area contributed by atoms with E-state index >= 15 is 0 Å². The summed E-state index contributed by atoms with van der Waals surface area (Å²) in [4.78, 5) is 37.3. The lowest BCUT2D eigenvalue weighted by molar-refractivity contribution is -0.156. The highest BCUT2D eigenvalue weighted by Gasteiger charge is 2.54. The molecule has 0 spiro atoms. The number of ether oxygens (including phenoxy) is 1. The average Bonchev–Trinajstić information content (AvgIpc) is 2.70. The Labute approximate surface area is 178 Å². The van der Waals surface area contributed by atoms with E-state index in [1.807, 2.05) is 31.2 Å². The largest absolute Gasteiger partial charge is 0.451 e. The van der Waals surface area contributed by atoms with Crippen molar-refractivity contribution in [1.82, 2.24) is 10.6 Å². The zero-order valence-electron chi connectivity index (χ0n) is 17.9. The molecule has 30 heavy (non-hydrogen) atoms. The van der Waals surface area contributed by atoms with E-state index in [2.05, 4.69) is 10.6 Å². The molecule has 5 rings (SSSR count).